The average Bonchev–Trinajstić information content (AvgIpc) is 3.12. The fourth-order valence-electron chi connectivity index (χ4n) is 4.29. The normalized spacial score (nSPS) is 25.0. The van der Waals surface area contributed by atoms with E-state index in [-0.39, 0.29) is 24.7 Å². The highest BCUT2D eigenvalue weighted by Gasteiger charge is 2.48. The van der Waals surface area contributed by atoms with Gasteiger partial charge in [0.05, 0.1) is 33.7 Å². The number of ether oxygens (including phenoxy) is 2. The van der Waals surface area contributed by atoms with Gasteiger partial charge >= 0.3 is 0 Å². The number of hydrogen-bond acceptors (Lipinski definition) is 7. The maximum Gasteiger partial charge on any atom is 0.227 e. The molecule has 30 heavy (non-hydrogen) atoms. The molecule has 1 atom stereocenters. The van der Waals surface area contributed by atoms with Crippen molar-refractivity contribution in [2.75, 3.05) is 49.3 Å². The second-order valence-electron chi connectivity index (χ2n) is 7.91. The Morgan fingerprint density at radius 3 is 2.90 bits per heavy atom. The number of methoxy groups -OCH3 is 1. The number of benzene rings is 1. The molecule has 9 heteroatoms. The lowest BCUT2D eigenvalue weighted by atomic mass is 9.85. The molecule has 3 aliphatic heterocycles. The number of rotatable bonds is 5. The number of halogens is 1. The average molecular weight is 436 g/mol. The molecule has 1 aromatic carbocycles. The molecule has 3 aliphatic rings. The Hall–Kier alpha value is -2.10. The summed E-state index contributed by atoms with van der Waals surface area (Å²) in [5.74, 6) is 0.923. The van der Waals surface area contributed by atoms with Crippen molar-refractivity contribution in [3.8, 4) is 0 Å². The summed E-state index contributed by atoms with van der Waals surface area (Å²) in [6, 6.07) is 6.21. The van der Waals surface area contributed by atoms with Crippen molar-refractivity contribution in [3.63, 3.8) is 0 Å². The molecule has 0 aliphatic carbocycles. The third kappa shape index (κ3) is 3.38. The Morgan fingerprint density at radius 2 is 2.13 bits per heavy atom. The van der Waals surface area contributed by atoms with Gasteiger partial charge < -0.3 is 19.7 Å². The summed E-state index contributed by atoms with van der Waals surface area (Å²) in [7, 11) is -3.86. The quantitative estimate of drug-likeness (QED) is 0.772. The Balaban J connectivity index is 1.45. The third-order valence-electron chi connectivity index (χ3n) is 5.97. The van der Waals surface area contributed by atoms with E-state index in [4.69, 9.17) is 13.6 Å². The highest BCUT2D eigenvalue weighted by Crippen LogP contribution is 2.40. The van der Waals surface area contributed by atoms with E-state index in [1.165, 1.54) is 6.07 Å². The van der Waals surface area contributed by atoms with Gasteiger partial charge in [-0.15, -0.1) is 0 Å². The van der Waals surface area contributed by atoms with E-state index in [9.17, 15) is 8.60 Å². The molecule has 2 fully saturated rings. The van der Waals surface area contributed by atoms with E-state index >= 15 is 0 Å². The molecule has 1 N–H and O–H groups in total. The molecule has 0 radical (unpaired) electrons. The van der Waals surface area contributed by atoms with Gasteiger partial charge in [0.15, 0.2) is 0 Å². The number of nitrogens with zero attached hydrogens (tertiary/aromatic N) is 3. The molecule has 7 nitrogen and oxygen atoms in total. The van der Waals surface area contributed by atoms with Crippen LogP contribution in [0.15, 0.2) is 29.2 Å². The standard InChI is InChI=1S/C21H25FN4O3S/c1-28-21(15-4-2-3-5-16(15)22)12-26(13-21)20-24-17-8-11-30(27)18(17)19(25-20)23-14-6-9-29-10-7-14/h2-5,14H,6-13H2,1H3,(H,23,24,25)/i1D3. The van der Waals surface area contributed by atoms with Gasteiger partial charge in [0.1, 0.15) is 22.1 Å². The van der Waals surface area contributed by atoms with Crippen LogP contribution < -0.4 is 10.2 Å². The number of anilines is 2. The molecule has 5 rings (SSSR count). The van der Waals surface area contributed by atoms with Crippen molar-refractivity contribution in [2.45, 2.75) is 35.8 Å². The van der Waals surface area contributed by atoms with Crippen molar-refractivity contribution in [3.05, 3.63) is 41.3 Å². The summed E-state index contributed by atoms with van der Waals surface area (Å²) in [6.45, 7) is 1.49. The summed E-state index contributed by atoms with van der Waals surface area (Å²) < 4.78 is 60.8. The molecule has 0 spiro atoms. The van der Waals surface area contributed by atoms with E-state index in [2.05, 4.69) is 15.3 Å². The molecular weight excluding hydrogens is 407 g/mol. The Bertz CT molecular complexity index is 1080. The number of hydrogen-bond donors (Lipinski definition) is 1. The van der Waals surface area contributed by atoms with Crippen molar-refractivity contribution in [1.82, 2.24) is 9.97 Å². The second kappa shape index (κ2) is 7.86. The summed E-state index contributed by atoms with van der Waals surface area (Å²) in [5, 5.41) is 3.42. The molecular formula is C21H25FN4O3S. The highest BCUT2D eigenvalue weighted by atomic mass is 32.2. The Kier molecular flexibility index (Phi) is 4.35. The predicted octanol–water partition coefficient (Wildman–Crippen LogP) is 2.23. The first kappa shape index (κ1) is 16.6. The molecule has 2 saturated heterocycles. The van der Waals surface area contributed by atoms with Gasteiger partial charge in [-0.2, -0.15) is 4.98 Å². The van der Waals surface area contributed by atoms with Gasteiger partial charge in [-0.3, -0.25) is 4.21 Å². The van der Waals surface area contributed by atoms with Crippen molar-refractivity contribution < 1.29 is 22.2 Å². The number of fused-ring (bicyclic) bond motifs is 1. The zero-order chi connectivity index (χ0) is 23.2. The lowest BCUT2D eigenvalue weighted by Crippen LogP contribution is -2.61. The lowest BCUT2D eigenvalue weighted by Gasteiger charge is -2.49. The maximum atomic E-state index is 14.6. The molecule has 160 valence electrons. The fraction of sp³-hybridized carbons (Fsp3) is 0.524. The van der Waals surface area contributed by atoms with Crippen LogP contribution in [0.2, 0.25) is 0 Å². The predicted molar refractivity (Wildman–Crippen MR) is 112 cm³/mol. The first-order valence-corrected chi connectivity index (χ1v) is 11.4. The van der Waals surface area contributed by atoms with Crippen LogP contribution in [-0.2, 0) is 32.3 Å². The zero-order valence-electron chi connectivity index (χ0n) is 19.4. The van der Waals surface area contributed by atoms with Gasteiger partial charge in [-0.25, -0.2) is 9.37 Å². The SMILES string of the molecule is [2H]C([2H])([2H])OC1(c2ccccc2F)CN(c2nc3c(c(NC4CCOCC4)n2)S(=O)CC3)C1. The maximum absolute atomic E-state index is 14.6. The third-order valence-corrected chi connectivity index (χ3v) is 7.43. The summed E-state index contributed by atoms with van der Waals surface area (Å²) in [5.41, 5.74) is -0.413. The van der Waals surface area contributed by atoms with Gasteiger partial charge in [-0.05, 0) is 18.9 Å². The lowest BCUT2D eigenvalue weighted by molar-refractivity contribution is -0.0415. The molecule has 1 aromatic heterocycles. The van der Waals surface area contributed by atoms with E-state index < -0.39 is 29.3 Å². The van der Waals surface area contributed by atoms with Crippen LogP contribution in [0.3, 0.4) is 0 Å². The van der Waals surface area contributed by atoms with Gasteiger partial charge in [0, 0.05) is 44.0 Å². The van der Waals surface area contributed by atoms with Crippen LogP contribution in [0, 0.1) is 5.82 Å². The van der Waals surface area contributed by atoms with Crippen LogP contribution in [0.5, 0.6) is 0 Å². The fourth-order valence-corrected chi connectivity index (χ4v) is 5.60. The minimum absolute atomic E-state index is 0.0882. The van der Waals surface area contributed by atoms with Gasteiger partial charge in [-0.1, -0.05) is 18.2 Å². The molecule has 0 amide bonds. The molecule has 0 bridgehead atoms. The number of nitrogens with one attached hydrogen (secondary N) is 1. The van der Waals surface area contributed by atoms with E-state index in [0.717, 1.165) is 18.5 Å². The van der Waals surface area contributed by atoms with E-state index in [0.29, 0.717) is 42.0 Å². The van der Waals surface area contributed by atoms with E-state index in [1.807, 2.05) is 0 Å². The smallest absolute Gasteiger partial charge is 0.227 e. The van der Waals surface area contributed by atoms with Crippen molar-refractivity contribution >= 4 is 22.6 Å². The number of aryl methyl sites for hydroxylation is 1. The first-order chi connectivity index (χ1) is 15.7. The summed E-state index contributed by atoms with van der Waals surface area (Å²) >= 11 is 0. The highest BCUT2D eigenvalue weighted by molar-refractivity contribution is 7.85. The monoisotopic (exact) mass is 435 g/mol. The minimum atomic E-state index is -2.69. The van der Waals surface area contributed by atoms with Crippen LogP contribution >= 0.6 is 0 Å². The zero-order valence-corrected chi connectivity index (χ0v) is 17.2. The van der Waals surface area contributed by atoms with Crippen LogP contribution in [-0.4, -0.2) is 59.3 Å². The Labute approximate surface area is 181 Å². The van der Waals surface area contributed by atoms with Gasteiger partial charge in [0.2, 0.25) is 5.95 Å². The van der Waals surface area contributed by atoms with Gasteiger partial charge in [0.25, 0.3) is 0 Å². The van der Waals surface area contributed by atoms with Crippen LogP contribution in [0.25, 0.3) is 0 Å². The summed E-state index contributed by atoms with van der Waals surface area (Å²) in [6.07, 6.45) is 2.23. The molecule has 1 unspecified atom stereocenters. The Morgan fingerprint density at radius 1 is 1.33 bits per heavy atom. The largest absolute Gasteiger partial charge is 0.381 e. The van der Waals surface area contributed by atoms with Crippen molar-refractivity contribution in [1.29, 1.82) is 0 Å². The topological polar surface area (TPSA) is 76.6 Å². The van der Waals surface area contributed by atoms with E-state index in [1.54, 1.807) is 23.1 Å². The molecule has 4 heterocycles. The van der Waals surface area contributed by atoms with Crippen LogP contribution in [0.1, 0.15) is 28.2 Å². The molecule has 0 saturated carbocycles. The minimum Gasteiger partial charge on any atom is -0.381 e. The van der Waals surface area contributed by atoms with Crippen molar-refractivity contribution in [2.24, 2.45) is 0 Å². The second-order valence-corrected chi connectivity index (χ2v) is 9.42. The first-order valence-electron chi connectivity index (χ1n) is 11.6. The van der Waals surface area contributed by atoms with Crippen LogP contribution in [0.4, 0.5) is 16.2 Å². The summed E-state index contributed by atoms with van der Waals surface area (Å²) in [4.78, 5) is 11.7. The molecule has 2 aromatic rings. The number of aromatic nitrogens is 2.